The maximum atomic E-state index is 13.1. The predicted molar refractivity (Wildman–Crippen MR) is 141 cm³/mol. The van der Waals surface area contributed by atoms with Crippen molar-refractivity contribution in [3.8, 4) is 11.1 Å². The van der Waals surface area contributed by atoms with Gasteiger partial charge in [-0.2, -0.15) is 0 Å². The summed E-state index contributed by atoms with van der Waals surface area (Å²) in [5, 5.41) is 2.77. The highest BCUT2D eigenvalue weighted by molar-refractivity contribution is 5.98. The zero-order valence-electron chi connectivity index (χ0n) is 21.9. The van der Waals surface area contributed by atoms with Crippen molar-refractivity contribution in [3.05, 3.63) is 95.1 Å². The number of esters is 2. The molecule has 0 saturated carbocycles. The summed E-state index contributed by atoms with van der Waals surface area (Å²) in [4.78, 5) is 37.7. The standard InChI is InChI=1S/C30H33NO6/c1-20-11-9-16-24(28(33)36-19-21-12-7-6-8-13-21)27(20)23-15-10-14-22(17-23)25(18-26(32)35-5)31-29(34)37-30(2,3)4/h6-17,25H,18-19H2,1-5H3,(H,31,34)/t25-/m0/s1. The minimum absolute atomic E-state index is 0.0844. The second kappa shape index (κ2) is 12.2. The lowest BCUT2D eigenvalue weighted by atomic mass is 9.92. The lowest BCUT2D eigenvalue weighted by Gasteiger charge is -2.24. The predicted octanol–water partition coefficient (Wildman–Crippen LogP) is 6.15. The summed E-state index contributed by atoms with van der Waals surface area (Å²) < 4.78 is 15.8. The first-order valence-corrected chi connectivity index (χ1v) is 12.0. The average molecular weight is 504 g/mol. The molecule has 194 valence electrons. The summed E-state index contributed by atoms with van der Waals surface area (Å²) in [5.41, 5.74) is 3.65. The van der Waals surface area contributed by atoms with Crippen LogP contribution in [0.2, 0.25) is 0 Å². The van der Waals surface area contributed by atoms with Crippen molar-refractivity contribution in [1.82, 2.24) is 5.32 Å². The third-order valence-corrected chi connectivity index (χ3v) is 5.57. The molecule has 0 aliphatic rings. The van der Waals surface area contributed by atoms with Gasteiger partial charge < -0.3 is 19.5 Å². The molecule has 0 fully saturated rings. The Morgan fingerprint density at radius 3 is 2.30 bits per heavy atom. The SMILES string of the molecule is COC(=O)C[C@H](NC(=O)OC(C)(C)C)c1cccc(-c2c(C)cccc2C(=O)OCc2ccccc2)c1. The van der Waals surface area contributed by atoms with E-state index in [4.69, 9.17) is 14.2 Å². The molecule has 0 aliphatic carbocycles. The van der Waals surface area contributed by atoms with E-state index < -0.39 is 29.7 Å². The van der Waals surface area contributed by atoms with Gasteiger partial charge in [0.2, 0.25) is 0 Å². The van der Waals surface area contributed by atoms with Gasteiger partial charge in [0.25, 0.3) is 0 Å². The maximum absolute atomic E-state index is 13.1. The van der Waals surface area contributed by atoms with Crippen LogP contribution >= 0.6 is 0 Å². The fraction of sp³-hybridized carbons (Fsp3) is 0.300. The van der Waals surface area contributed by atoms with Gasteiger partial charge in [-0.15, -0.1) is 0 Å². The summed E-state index contributed by atoms with van der Waals surface area (Å²) >= 11 is 0. The van der Waals surface area contributed by atoms with E-state index in [9.17, 15) is 14.4 Å². The van der Waals surface area contributed by atoms with E-state index >= 15 is 0 Å². The normalized spacial score (nSPS) is 11.8. The van der Waals surface area contributed by atoms with E-state index in [0.29, 0.717) is 11.1 Å². The molecule has 0 aromatic heterocycles. The number of hydrogen-bond acceptors (Lipinski definition) is 6. The first kappa shape index (κ1) is 27.5. The second-order valence-electron chi connectivity index (χ2n) is 9.66. The van der Waals surface area contributed by atoms with Crippen molar-refractivity contribution >= 4 is 18.0 Å². The number of nitrogens with one attached hydrogen (secondary N) is 1. The Balaban J connectivity index is 1.92. The van der Waals surface area contributed by atoms with Gasteiger partial charge in [0.1, 0.15) is 12.2 Å². The Kier molecular flexibility index (Phi) is 9.06. The highest BCUT2D eigenvalue weighted by atomic mass is 16.6. The largest absolute Gasteiger partial charge is 0.469 e. The number of alkyl carbamates (subject to hydrolysis) is 1. The molecule has 3 aromatic rings. The first-order chi connectivity index (χ1) is 17.6. The van der Waals surface area contributed by atoms with Crippen LogP contribution in [0.15, 0.2) is 72.8 Å². The number of methoxy groups -OCH3 is 1. The van der Waals surface area contributed by atoms with Gasteiger partial charge in [-0.05, 0) is 67.6 Å². The van der Waals surface area contributed by atoms with Crippen LogP contribution in [0.1, 0.15) is 60.3 Å². The van der Waals surface area contributed by atoms with Gasteiger partial charge in [-0.3, -0.25) is 4.79 Å². The molecular formula is C30H33NO6. The molecule has 3 aromatic carbocycles. The van der Waals surface area contributed by atoms with E-state index in [1.165, 1.54) is 7.11 Å². The van der Waals surface area contributed by atoms with E-state index in [0.717, 1.165) is 22.3 Å². The zero-order chi connectivity index (χ0) is 27.0. The monoisotopic (exact) mass is 503 g/mol. The topological polar surface area (TPSA) is 90.9 Å². The third kappa shape index (κ3) is 7.93. The van der Waals surface area contributed by atoms with Crippen LogP contribution in [-0.4, -0.2) is 30.7 Å². The number of ether oxygens (including phenoxy) is 3. The molecule has 0 unspecified atom stereocenters. The van der Waals surface area contributed by atoms with Crippen LogP contribution in [0.3, 0.4) is 0 Å². The molecule has 37 heavy (non-hydrogen) atoms. The van der Waals surface area contributed by atoms with Crippen LogP contribution < -0.4 is 5.32 Å². The van der Waals surface area contributed by atoms with Gasteiger partial charge in [0.15, 0.2) is 0 Å². The summed E-state index contributed by atoms with van der Waals surface area (Å²) in [6.07, 6.45) is -0.730. The van der Waals surface area contributed by atoms with Crippen molar-refractivity contribution in [1.29, 1.82) is 0 Å². The number of hydrogen-bond donors (Lipinski definition) is 1. The van der Waals surface area contributed by atoms with Crippen molar-refractivity contribution in [2.75, 3.05) is 7.11 Å². The molecule has 1 N–H and O–H groups in total. The van der Waals surface area contributed by atoms with Crippen LogP contribution in [0.25, 0.3) is 11.1 Å². The number of amides is 1. The first-order valence-electron chi connectivity index (χ1n) is 12.0. The highest BCUT2D eigenvalue weighted by Crippen LogP contribution is 2.31. The summed E-state index contributed by atoms with van der Waals surface area (Å²) in [7, 11) is 1.30. The Hall–Kier alpha value is -4.13. The number of carbonyl (C=O) groups excluding carboxylic acids is 3. The molecule has 7 nitrogen and oxygen atoms in total. The van der Waals surface area contributed by atoms with E-state index in [1.807, 2.05) is 67.6 Å². The lowest BCUT2D eigenvalue weighted by molar-refractivity contribution is -0.141. The summed E-state index contributed by atoms with van der Waals surface area (Å²) in [6.45, 7) is 7.37. The molecule has 3 rings (SSSR count). The van der Waals surface area contributed by atoms with Crippen LogP contribution in [0, 0.1) is 6.92 Å². The highest BCUT2D eigenvalue weighted by Gasteiger charge is 2.24. The second-order valence-corrected chi connectivity index (χ2v) is 9.66. The fourth-order valence-electron chi connectivity index (χ4n) is 3.88. The van der Waals surface area contributed by atoms with Gasteiger partial charge in [-0.25, -0.2) is 9.59 Å². The van der Waals surface area contributed by atoms with Gasteiger partial charge in [0, 0.05) is 0 Å². The van der Waals surface area contributed by atoms with Crippen LogP contribution in [0.5, 0.6) is 0 Å². The Morgan fingerprint density at radius 2 is 1.62 bits per heavy atom. The minimum atomic E-state index is -0.697. The molecule has 0 aliphatic heterocycles. The smallest absolute Gasteiger partial charge is 0.408 e. The fourth-order valence-corrected chi connectivity index (χ4v) is 3.88. The molecule has 0 radical (unpaired) electrons. The molecule has 0 heterocycles. The minimum Gasteiger partial charge on any atom is -0.469 e. The number of rotatable bonds is 8. The molecule has 0 spiro atoms. The average Bonchev–Trinajstić information content (AvgIpc) is 2.86. The Labute approximate surface area is 217 Å². The molecule has 1 atom stereocenters. The van der Waals surface area contributed by atoms with Crippen LogP contribution in [0.4, 0.5) is 4.79 Å². The number of benzene rings is 3. The van der Waals surface area contributed by atoms with Gasteiger partial charge in [0.05, 0.1) is 25.1 Å². The van der Waals surface area contributed by atoms with Crippen molar-refractivity contribution in [2.45, 2.75) is 52.4 Å². The van der Waals surface area contributed by atoms with E-state index in [-0.39, 0.29) is 13.0 Å². The Morgan fingerprint density at radius 1 is 0.919 bits per heavy atom. The molecule has 0 saturated heterocycles. The summed E-state index contributed by atoms with van der Waals surface area (Å²) in [5.74, 6) is -0.918. The zero-order valence-corrected chi connectivity index (χ0v) is 21.9. The van der Waals surface area contributed by atoms with Crippen LogP contribution in [-0.2, 0) is 25.6 Å². The summed E-state index contributed by atoms with van der Waals surface area (Å²) in [6, 6.07) is 21.6. The maximum Gasteiger partial charge on any atom is 0.408 e. The molecule has 0 bridgehead atoms. The van der Waals surface area contributed by atoms with Crippen molar-refractivity contribution in [2.24, 2.45) is 0 Å². The number of aryl methyl sites for hydroxylation is 1. The third-order valence-electron chi connectivity index (χ3n) is 5.57. The molecular weight excluding hydrogens is 470 g/mol. The van der Waals surface area contributed by atoms with Gasteiger partial charge >= 0.3 is 18.0 Å². The molecule has 1 amide bonds. The lowest BCUT2D eigenvalue weighted by Crippen LogP contribution is -2.36. The van der Waals surface area contributed by atoms with Crippen molar-refractivity contribution in [3.63, 3.8) is 0 Å². The number of carbonyl (C=O) groups is 3. The Bertz CT molecular complexity index is 1250. The van der Waals surface area contributed by atoms with Crippen molar-refractivity contribution < 1.29 is 28.6 Å². The quantitative estimate of drug-likeness (QED) is 0.293. The van der Waals surface area contributed by atoms with Gasteiger partial charge in [-0.1, -0.05) is 60.7 Å². The molecule has 7 heteroatoms. The van der Waals surface area contributed by atoms with E-state index in [1.54, 1.807) is 32.9 Å². The van der Waals surface area contributed by atoms with E-state index in [2.05, 4.69) is 5.32 Å².